The zero-order valence-electron chi connectivity index (χ0n) is 12.1. The van der Waals surface area contributed by atoms with Gasteiger partial charge in [-0.25, -0.2) is 0 Å². The van der Waals surface area contributed by atoms with Gasteiger partial charge in [0.1, 0.15) is 6.54 Å². The summed E-state index contributed by atoms with van der Waals surface area (Å²) in [5.74, 6) is -0.841. The molecular formula is C16H19ClN2O2. The van der Waals surface area contributed by atoms with E-state index in [2.05, 4.69) is 4.98 Å². The van der Waals surface area contributed by atoms with Gasteiger partial charge in [0.05, 0.1) is 0 Å². The van der Waals surface area contributed by atoms with Crippen molar-refractivity contribution in [2.75, 3.05) is 11.4 Å². The molecule has 1 heterocycles. The van der Waals surface area contributed by atoms with Crippen molar-refractivity contribution in [3.05, 3.63) is 59.4 Å². The van der Waals surface area contributed by atoms with E-state index in [4.69, 9.17) is 5.11 Å². The lowest BCUT2D eigenvalue weighted by Gasteiger charge is -2.23. The summed E-state index contributed by atoms with van der Waals surface area (Å²) in [6, 6.07) is 13.5. The van der Waals surface area contributed by atoms with Crippen LogP contribution in [0.15, 0.2) is 42.5 Å². The molecule has 1 N–H and O–H groups in total. The molecule has 112 valence electrons. The van der Waals surface area contributed by atoms with Crippen LogP contribution in [0.2, 0.25) is 0 Å². The predicted octanol–water partition coefficient (Wildman–Crippen LogP) is 3.21. The highest BCUT2D eigenvalue weighted by atomic mass is 35.5. The van der Waals surface area contributed by atoms with Crippen LogP contribution in [-0.2, 0) is 11.3 Å². The summed E-state index contributed by atoms with van der Waals surface area (Å²) in [7, 11) is 0. The first-order chi connectivity index (χ1) is 9.56. The Bertz CT molecular complexity index is 602. The van der Waals surface area contributed by atoms with Crippen molar-refractivity contribution in [1.29, 1.82) is 0 Å². The highest BCUT2D eigenvalue weighted by Gasteiger charge is 2.12. The molecule has 1 aromatic carbocycles. The second-order valence-corrected chi connectivity index (χ2v) is 4.78. The van der Waals surface area contributed by atoms with Crippen LogP contribution in [0.25, 0.3) is 0 Å². The van der Waals surface area contributed by atoms with Crippen LogP contribution in [0.5, 0.6) is 0 Å². The molecule has 0 atom stereocenters. The Balaban J connectivity index is 0.00000220. The van der Waals surface area contributed by atoms with E-state index in [9.17, 15) is 4.79 Å². The first-order valence-electron chi connectivity index (χ1n) is 6.51. The van der Waals surface area contributed by atoms with E-state index < -0.39 is 5.97 Å². The number of carboxylic acids is 1. The van der Waals surface area contributed by atoms with Gasteiger partial charge in [-0.1, -0.05) is 24.3 Å². The van der Waals surface area contributed by atoms with Crippen LogP contribution in [0.4, 0.5) is 5.69 Å². The topological polar surface area (TPSA) is 53.4 Å². The summed E-state index contributed by atoms with van der Waals surface area (Å²) in [6.45, 7) is 4.40. The lowest BCUT2D eigenvalue weighted by Crippen LogP contribution is -2.29. The van der Waals surface area contributed by atoms with Gasteiger partial charge in [0, 0.05) is 23.6 Å². The van der Waals surface area contributed by atoms with Gasteiger partial charge < -0.3 is 10.0 Å². The van der Waals surface area contributed by atoms with Gasteiger partial charge in [-0.15, -0.1) is 12.4 Å². The van der Waals surface area contributed by atoms with Crippen molar-refractivity contribution >= 4 is 24.1 Å². The first-order valence-corrected chi connectivity index (χ1v) is 6.51. The zero-order valence-corrected chi connectivity index (χ0v) is 12.9. The van der Waals surface area contributed by atoms with Crippen molar-refractivity contribution < 1.29 is 9.90 Å². The fourth-order valence-electron chi connectivity index (χ4n) is 2.13. The Morgan fingerprint density at radius 2 is 1.81 bits per heavy atom. The number of nitrogens with zero attached hydrogens (tertiary/aromatic N) is 2. The van der Waals surface area contributed by atoms with Crippen LogP contribution < -0.4 is 4.90 Å². The molecule has 0 fully saturated rings. The summed E-state index contributed by atoms with van der Waals surface area (Å²) < 4.78 is 0. The molecule has 0 saturated carbocycles. The van der Waals surface area contributed by atoms with Crippen LogP contribution in [0.3, 0.4) is 0 Å². The fraction of sp³-hybridized carbons (Fsp3) is 0.250. The van der Waals surface area contributed by atoms with Crippen molar-refractivity contribution in [3.63, 3.8) is 0 Å². The van der Waals surface area contributed by atoms with Gasteiger partial charge in [-0.2, -0.15) is 0 Å². The van der Waals surface area contributed by atoms with E-state index in [1.165, 1.54) is 0 Å². The minimum absolute atomic E-state index is 0. The quantitative estimate of drug-likeness (QED) is 0.921. The highest BCUT2D eigenvalue weighted by Crippen LogP contribution is 2.18. The second kappa shape index (κ2) is 7.64. The van der Waals surface area contributed by atoms with Crippen molar-refractivity contribution in [2.24, 2.45) is 0 Å². The molecule has 0 aliphatic carbocycles. The average molecular weight is 307 g/mol. The third-order valence-corrected chi connectivity index (χ3v) is 3.14. The van der Waals surface area contributed by atoms with Gasteiger partial charge in [0.2, 0.25) is 0 Å². The molecule has 2 aromatic rings. The number of carbonyl (C=O) groups is 1. The molecule has 4 nitrogen and oxygen atoms in total. The normalized spacial score (nSPS) is 9.81. The molecule has 0 saturated heterocycles. The summed E-state index contributed by atoms with van der Waals surface area (Å²) in [4.78, 5) is 17.3. The summed E-state index contributed by atoms with van der Waals surface area (Å²) in [5.41, 5.74) is 3.85. The number of benzene rings is 1. The van der Waals surface area contributed by atoms with Crippen LogP contribution in [0, 0.1) is 13.8 Å². The number of anilines is 1. The van der Waals surface area contributed by atoms with Crippen molar-refractivity contribution in [2.45, 2.75) is 20.4 Å². The molecule has 0 bridgehead atoms. The summed E-state index contributed by atoms with van der Waals surface area (Å²) >= 11 is 0. The molecule has 2 rings (SSSR count). The monoisotopic (exact) mass is 306 g/mol. The predicted molar refractivity (Wildman–Crippen MR) is 86.1 cm³/mol. The Kier molecular flexibility index (Phi) is 6.18. The molecule has 5 heteroatoms. The standard InChI is InChI=1S/C16H18N2O2.ClH/c1-12-8-9-14(13(2)17-12)10-18(11-16(19)20)15-6-4-3-5-7-15;/h3-9H,10-11H2,1-2H3,(H,19,20);1H. The molecule has 0 unspecified atom stereocenters. The minimum atomic E-state index is -0.841. The van der Waals surface area contributed by atoms with Gasteiger partial charge in [-0.3, -0.25) is 9.78 Å². The summed E-state index contributed by atoms with van der Waals surface area (Å²) in [6.07, 6.45) is 0. The Labute approximate surface area is 130 Å². The van der Waals surface area contributed by atoms with Gasteiger partial charge in [-0.05, 0) is 37.6 Å². The summed E-state index contributed by atoms with van der Waals surface area (Å²) in [5, 5.41) is 9.08. The molecule has 21 heavy (non-hydrogen) atoms. The Hall–Kier alpha value is -2.07. The number of aromatic nitrogens is 1. The number of carboxylic acid groups (broad SMARTS) is 1. The third-order valence-electron chi connectivity index (χ3n) is 3.14. The maximum Gasteiger partial charge on any atom is 0.323 e. The van der Waals surface area contributed by atoms with E-state index in [1.54, 1.807) is 0 Å². The van der Waals surface area contributed by atoms with Crippen LogP contribution in [-0.4, -0.2) is 22.6 Å². The van der Waals surface area contributed by atoms with E-state index in [1.807, 2.05) is 61.2 Å². The minimum Gasteiger partial charge on any atom is -0.480 e. The number of para-hydroxylation sites is 1. The van der Waals surface area contributed by atoms with Crippen LogP contribution in [0.1, 0.15) is 17.0 Å². The lowest BCUT2D eigenvalue weighted by atomic mass is 10.1. The number of halogens is 1. The average Bonchev–Trinajstić information content (AvgIpc) is 2.41. The smallest absolute Gasteiger partial charge is 0.323 e. The molecular weight excluding hydrogens is 288 g/mol. The third kappa shape index (κ3) is 4.76. The Morgan fingerprint density at radius 1 is 1.14 bits per heavy atom. The van der Waals surface area contributed by atoms with Gasteiger partial charge in [0.15, 0.2) is 0 Å². The van der Waals surface area contributed by atoms with E-state index >= 15 is 0 Å². The number of hydrogen-bond acceptors (Lipinski definition) is 3. The van der Waals surface area contributed by atoms with E-state index in [-0.39, 0.29) is 19.0 Å². The Morgan fingerprint density at radius 3 is 2.38 bits per heavy atom. The molecule has 0 aliphatic heterocycles. The maximum absolute atomic E-state index is 11.1. The lowest BCUT2D eigenvalue weighted by molar-refractivity contribution is -0.135. The zero-order chi connectivity index (χ0) is 14.5. The van der Waals surface area contributed by atoms with Gasteiger partial charge >= 0.3 is 5.97 Å². The number of aryl methyl sites for hydroxylation is 2. The first kappa shape index (κ1) is 17.0. The number of pyridine rings is 1. The van der Waals surface area contributed by atoms with Gasteiger partial charge in [0.25, 0.3) is 0 Å². The van der Waals surface area contributed by atoms with Crippen LogP contribution >= 0.6 is 12.4 Å². The maximum atomic E-state index is 11.1. The van der Waals surface area contributed by atoms with E-state index in [0.717, 1.165) is 22.6 Å². The molecule has 0 aliphatic rings. The number of hydrogen-bond donors (Lipinski definition) is 1. The highest BCUT2D eigenvalue weighted by molar-refractivity contribution is 5.85. The fourth-order valence-corrected chi connectivity index (χ4v) is 2.13. The number of aliphatic carboxylic acids is 1. The SMILES string of the molecule is Cc1ccc(CN(CC(=O)O)c2ccccc2)c(C)n1.Cl. The molecule has 0 radical (unpaired) electrons. The van der Waals surface area contributed by atoms with E-state index in [0.29, 0.717) is 6.54 Å². The van der Waals surface area contributed by atoms with Crippen molar-refractivity contribution in [1.82, 2.24) is 4.98 Å². The second-order valence-electron chi connectivity index (χ2n) is 4.78. The molecule has 1 aromatic heterocycles. The molecule has 0 spiro atoms. The molecule has 0 amide bonds. The number of rotatable bonds is 5. The largest absolute Gasteiger partial charge is 0.480 e. The van der Waals surface area contributed by atoms with Crippen molar-refractivity contribution in [3.8, 4) is 0 Å².